The first-order valence-electron chi connectivity index (χ1n) is 5.98. The number of nitrogens with zero attached hydrogens (tertiary/aromatic N) is 6. The summed E-state index contributed by atoms with van der Waals surface area (Å²) >= 11 is 11.5. The summed E-state index contributed by atoms with van der Waals surface area (Å²) in [4.78, 5) is 16.1. The zero-order valence-corrected chi connectivity index (χ0v) is 12.3. The van der Waals surface area contributed by atoms with Gasteiger partial charge in [0.05, 0.1) is 17.1 Å². The summed E-state index contributed by atoms with van der Waals surface area (Å²) in [5.74, 6) is -0.0710. The van der Waals surface area contributed by atoms with Crippen LogP contribution in [0.5, 0.6) is 0 Å². The van der Waals surface area contributed by atoms with Crippen LogP contribution in [0.15, 0.2) is 24.3 Å². The molecule has 0 fully saturated rings. The number of benzene rings is 1. The van der Waals surface area contributed by atoms with Crippen LogP contribution in [0.3, 0.4) is 0 Å². The molecule has 0 radical (unpaired) electrons. The van der Waals surface area contributed by atoms with E-state index in [0.29, 0.717) is 5.82 Å². The summed E-state index contributed by atoms with van der Waals surface area (Å²) in [6, 6.07) is 9.73. The molecule has 1 unspecified atom stereocenters. The molecule has 2 aromatic heterocycles. The Hall–Kier alpha value is -2.23. The molecule has 0 saturated carbocycles. The topological polar surface area (TPSA) is 80.3 Å². The zero-order chi connectivity index (χ0) is 15.0. The molecule has 0 bridgehead atoms. The van der Waals surface area contributed by atoms with Crippen molar-refractivity contribution in [1.82, 2.24) is 24.5 Å². The standard InChI is InChI=1S/C13H8Cl2N6/c1-21-9-5-3-2-4-8(9)17-11(21)7(6-16)10-18-12(14)20-13(15)19-10/h2-5,7H,1H3. The summed E-state index contributed by atoms with van der Waals surface area (Å²) in [5, 5.41) is 9.37. The van der Waals surface area contributed by atoms with Gasteiger partial charge in [-0.2, -0.15) is 10.2 Å². The lowest BCUT2D eigenvalue weighted by atomic mass is 10.1. The molecule has 21 heavy (non-hydrogen) atoms. The Morgan fingerprint density at radius 1 is 1.10 bits per heavy atom. The quantitative estimate of drug-likeness (QED) is 0.725. The number of aromatic nitrogens is 5. The minimum absolute atomic E-state index is 0.0518. The molecule has 8 heteroatoms. The average Bonchev–Trinajstić information content (AvgIpc) is 2.77. The van der Waals surface area contributed by atoms with E-state index >= 15 is 0 Å². The van der Waals surface area contributed by atoms with Gasteiger partial charge in [-0.1, -0.05) is 12.1 Å². The highest BCUT2D eigenvalue weighted by Crippen LogP contribution is 2.25. The zero-order valence-electron chi connectivity index (χ0n) is 10.8. The molecule has 0 aliphatic rings. The fourth-order valence-electron chi connectivity index (χ4n) is 2.12. The number of hydrogen-bond acceptors (Lipinski definition) is 5. The van der Waals surface area contributed by atoms with Crippen LogP contribution < -0.4 is 0 Å². The predicted octanol–water partition coefficient (Wildman–Crippen LogP) is 2.72. The predicted molar refractivity (Wildman–Crippen MR) is 78.0 cm³/mol. The van der Waals surface area contributed by atoms with Gasteiger partial charge >= 0.3 is 0 Å². The van der Waals surface area contributed by atoms with E-state index in [4.69, 9.17) is 23.2 Å². The molecule has 104 valence electrons. The Kier molecular flexibility index (Phi) is 3.45. The number of para-hydroxylation sites is 2. The minimum Gasteiger partial charge on any atom is -0.330 e. The SMILES string of the molecule is Cn1c(C(C#N)c2nc(Cl)nc(Cl)n2)nc2ccccc21. The van der Waals surface area contributed by atoms with Gasteiger partial charge in [-0.15, -0.1) is 0 Å². The van der Waals surface area contributed by atoms with E-state index in [1.807, 2.05) is 35.9 Å². The van der Waals surface area contributed by atoms with Gasteiger partial charge in [0, 0.05) is 7.05 Å². The third kappa shape index (κ3) is 2.42. The number of halogens is 2. The van der Waals surface area contributed by atoms with Crippen LogP contribution in [0.4, 0.5) is 0 Å². The average molecular weight is 319 g/mol. The molecule has 0 aliphatic carbocycles. The molecule has 0 spiro atoms. The Morgan fingerprint density at radius 2 is 1.76 bits per heavy atom. The van der Waals surface area contributed by atoms with E-state index in [-0.39, 0.29) is 16.4 Å². The Bertz CT molecular complexity index is 846. The molecule has 3 aromatic rings. The smallest absolute Gasteiger partial charge is 0.226 e. The summed E-state index contributed by atoms with van der Waals surface area (Å²) in [7, 11) is 1.83. The van der Waals surface area contributed by atoms with Crippen molar-refractivity contribution in [2.24, 2.45) is 7.05 Å². The Labute approximate surface area is 130 Å². The Morgan fingerprint density at radius 3 is 2.38 bits per heavy atom. The van der Waals surface area contributed by atoms with Gasteiger partial charge in [0.2, 0.25) is 10.6 Å². The lowest BCUT2D eigenvalue weighted by Crippen LogP contribution is -2.11. The molecule has 1 aromatic carbocycles. The Balaban J connectivity index is 2.19. The molecule has 0 N–H and O–H groups in total. The molecule has 0 saturated heterocycles. The number of fused-ring (bicyclic) bond motifs is 1. The van der Waals surface area contributed by atoms with Gasteiger partial charge in [0.1, 0.15) is 5.82 Å². The van der Waals surface area contributed by atoms with E-state index in [0.717, 1.165) is 11.0 Å². The van der Waals surface area contributed by atoms with Crippen LogP contribution in [0.25, 0.3) is 11.0 Å². The van der Waals surface area contributed by atoms with Crippen LogP contribution in [0.2, 0.25) is 10.6 Å². The van der Waals surface area contributed by atoms with E-state index < -0.39 is 5.92 Å². The summed E-state index contributed by atoms with van der Waals surface area (Å²) < 4.78 is 1.83. The number of rotatable bonds is 2. The second-order valence-corrected chi connectivity index (χ2v) is 4.99. The summed E-state index contributed by atoms with van der Waals surface area (Å²) in [6.07, 6.45) is 0. The number of nitriles is 1. The lowest BCUT2D eigenvalue weighted by Gasteiger charge is -2.08. The van der Waals surface area contributed by atoms with Crippen molar-refractivity contribution in [3.63, 3.8) is 0 Å². The fourth-order valence-corrected chi connectivity index (χ4v) is 2.50. The van der Waals surface area contributed by atoms with Crippen molar-refractivity contribution >= 4 is 34.2 Å². The highest BCUT2D eigenvalue weighted by Gasteiger charge is 2.24. The number of aryl methyl sites for hydroxylation is 1. The first-order valence-corrected chi connectivity index (χ1v) is 6.73. The highest BCUT2D eigenvalue weighted by molar-refractivity contribution is 6.31. The van der Waals surface area contributed by atoms with Crippen LogP contribution >= 0.6 is 23.2 Å². The van der Waals surface area contributed by atoms with E-state index in [1.165, 1.54) is 0 Å². The third-order valence-corrected chi connectivity index (χ3v) is 3.40. The van der Waals surface area contributed by atoms with E-state index in [2.05, 4.69) is 26.0 Å². The second kappa shape index (κ2) is 5.28. The maximum Gasteiger partial charge on any atom is 0.226 e. The van der Waals surface area contributed by atoms with Crippen molar-refractivity contribution < 1.29 is 0 Å². The molecule has 0 amide bonds. The van der Waals surface area contributed by atoms with Gasteiger partial charge < -0.3 is 4.57 Å². The second-order valence-electron chi connectivity index (χ2n) is 4.31. The van der Waals surface area contributed by atoms with Gasteiger partial charge in [-0.25, -0.2) is 15.0 Å². The summed E-state index contributed by atoms with van der Waals surface area (Å²) in [5.41, 5.74) is 1.71. The maximum absolute atomic E-state index is 9.47. The van der Waals surface area contributed by atoms with Crippen LogP contribution in [0.1, 0.15) is 17.6 Å². The van der Waals surface area contributed by atoms with Crippen molar-refractivity contribution in [2.45, 2.75) is 5.92 Å². The van der Waals surface area contributed by atoms with Gasteiger partial charge in [-0.3, -0.25) is 0 Å². The number of imidazole rings is 1. The first-order chi connectivity index (χ1) is 10.1. The van der Waals surface area contributed by atoms with Gasteiger partial charge in [0.25, 0.3) is 0 Å². The molecule has 0 aliphatic heterocycles. The van der Waals surface area contributed by atoms with E-state index in [9.17, 15) is 5.26 Å². The number of hydrogen-bond donors (Lipinski definition) is 0. The van der Waals surface area contributed by atoms with Crippen molar-refractivity contribution in [1.29, 1.82) is 5.26 Å². The first kappa shape index (κ1) is 13.7. The lowest BCUT2D eigenvalue weighted by molar-refractivity contribution is 0.754. The van der Waals surface area contributed by atoms with Crippen LogP contribution in [-0.2, 0) is 7.05 Å². The largest absolute Gasteiger partial charge is 0.330 e. The summed E-state index contributed by atoms with van der Waals surface area (Å²) in [6.45, 7) is 0. The van der Waals surface area contributed by atoms with Gasteiger partial charge in [-0.05, 0) is 35.3 Å². The van der Waals surface area contributed by atoms with E-state index in [1.54, 1.807) is 0 Å². The fraction of sp³-hybridized carbons (Fsp3) is 0.154. The highest BCUT2D eigenvalue weighted by atomic mass is 35.5. The van der Waals surface area contributed by atoms with Crippen molar-refractivity contribution in [3.05, 3.63) is 46.5 Å². The monoisotopic (exact) mass is 318 g/mol. The van der Waals surface area contributed by atoms with Crippen molar-refractivity contribution in [3.8, 4) is 6.07 Å². The van der Waals surface area contributed by atoms with Crippen LogP contribution in [0, 0.1) is 11.3 Å². The molecular formula is C13H8Cl2N6. The molecular weight excluding hydrogens is 311 g/mol. The molecule has 1 atom stereocenters. The third-order valence-electron chi connectivity index (χ3n) is 3.07. The van der Waals surface area contributed by atoms with Crippen LogP contribution in [-0.4, -0.2) is 24.5 Å². The van der Waals surface area contributed by atoms with Crippen molar-refractivity contribution in [2.75, 3.05) is 0 Å². The van der Waals surface area contributed by atoms with Gasteiger partial charge in [0.15, 0.2) is 11.7 Å². The normalized spacial score (nSPS) is 12.3. The molecule has 3 rings (SSSR count). The maximum atomic E-state index is 9.47. The molecule has 2 heterocycles. The molecule has 6 nitrogen and oxygen atoms in total. The minimum atomic E-state index is -0.777.